The summed E-state index contributed by atoms with van der Waals surface area (Å²) in [5.41, 5.74) is 0.804. The molecule has 0 bridgehead atoms. The molecule has 0 fully saturated rings. The molecule has 0 spiro atoms. The van der Waals surface area contributed by atoms with Crippen LogP contribution < -0.4 is 0 Å². The first-order valence-electron chi connectivity index (χ1n) is 11.7. The fourth-order valence-electron chi connectivity index (χ4n) is 5.69. The van der Waals surface area contributed by atoms with E-state index in [0.717, 1.165) is 12.0 Å². The minimum absolute atomic E-state index is 0.117. The summed E-state index contributed by atoms with van der Waals surface area (Å²) < 4.78 is 42.0. The zero-order valence-corrected chi connectivity index (χ0v) is 21.1. The molecule has 2 heterocycles. The molecule has 3 unspecified atom stereocenters. The molecule has 31 heavy (non-hydrogen) atoms. The van der Waals surface area contributed by atoms with Gasteiger partial charge in [-0.1, -0.05) is 46.6 Å². The van der Waals surface area contributed by atoms with Gasteiger partial charge in [-0.05, 0) is 50.0 Å². The van der Waals surface area contributed by atoms with Gasteiger partial charge < -0.3 is 0 Å². The van der Waals surface area contributed by atoms with Gasteiger partial charge >= 0.3 is 6.30 Å². The van der Waals surface area contributed by atoms with Gasteiger partial charge in [0, 0.05) is 24.8 Å². The van der Waals surface area contributed by atoms with Crippen molar-refractivity contribution < 1.29 is 13.2 Å². The van der Waals surface area contributed by atoms with E-state index in [0.29, 0.717) is 17.1 Å². The quantitative estimate of drug-likeness (QED) is 0.218. The van der Waals surface area contributed by atoms with Crippen LogP contribution in [0.1, 0.15) is 66.7 Å². The van der Waals surface area contributed by atoms with Gasteiger partial charge in [0.05, 0.1) is 36.0 Å². The summed E-state index contributed by atoms with van der Waals surface area (Å²) in [6, 6.07) is 0. The van der Waals surface area contributed by atoms with Gasteiger partial charge in [0.15, 0.2) is 0 Å². The summed E-state index contributed by atoms with van der Waals surface area (Å²) in [6.45, 7) is 15.3. The van der Waals surface area contributed by atoms with Gasteiger partial charge in [0.25, 0.3) is 0 Å². The average molecular weight is 456 g/mol. The van der Waals surface area contributed by atoms with Gasteiger partial charge in [-0.15, -0.1) is 13.2 Å². The lowest BCUT2D eigenvalue weighted by Gasteiger charge is -2.61. The van der Waals surface area contributed by atoms with E-state index in [9.17, 15) is 13.2 Å². The SMILES string of the molecule is CCCCC[P+](C)(C)C1=CC2=C3C=CN(C(F)(F)F)N3C(C)(CC)C(C)(CC)C2C=C1. The average Bonchev–Trinajstić information content (AvgIpc) is 3.18. The number of unbranched alkanes of at least 4 members (excludes halogenated alkanes) is 2. The van der Waals surface area contributed by atoms with Gasteiger partial charge in [0.1, 0.15) is 0 Å². The lowest BCUT2D eigenvalue weighted by molar-refractivity contribution is -0.309. The minimum Gasteiger partial charge on any atom is -0.272 e. The Balaban J connectivity index is 2.15. The Bertz CT molecular complexity index is 823. The van der Waals surface area contributed by atoms with Crippen molar-refractivity contribution >= 4 is 7.26 Å². The molecule has 1 aliphatic carbocycles. The monoisotopic (exact) mass is 455 g/mol. The van der Waals surface area contributed by atoms with E-state index in [-0.39, 0.29) is 11.3 Å². The van der Waals surface area contributed by atoms with Crippen molar-refractivity contribution in [3.05, 3.63) is 47.1 Å². The van der Waals surface area contributed by atoms with Crippen LogP contribution in [0, 0.1) is 11.3 Å². The smallest absolute Gasteiger partial charge is 0.272 e. The maximum atomic E-state index is 14.0. The van der Waals surface area contributed by atoms with Crippen LogP contribution in [0.3, 0.4) is 0 Å². The molecule has 0 radical (unpaired) electrons. The zero-order valence-electron chi connectivity index (χ0n) is 20.2. The molecule has 0 aromatic heterocycles. The fraction of sp³-hybridized carbons (Fsp3) is 0.680. The van der Waals surface area contributed by atoms with E-state index in [1.54, 1.807) is 11.1 Å². The number of rotatable bonds is 7. The standard InChI is InChI=1S/C25H39F3N2P/c1-8-11-12-17-31(6,7)19-13-14-21-20(18-19)22-15-16-29(25(26,27)28)30(22)24(5,10-3)23(21,4)9-2/h13-16,18,21H,8-12,17H2,1-7H3/q+1. The largest absolute Gasteiger partial charge is 0.502 e. The molecule has 6 heteroatoms. The van der Waals surface area contributed by atoms with Crippen molar-refractivity contribution in [2.45, 2.75) is 78.6 Å². The normalized spacial score (nSPS) is 30.6. The number of hydrogen-bond acceptors (Lipinski definition) is 2. The summed E-state index contributed by atoms with van der Waals surface area (Å²) >= 11 is 0. The first kappa shape index (κ1) is 24.4. The van der Waals surface area contributed by atoms with E-state index in [1.807, 2.05) is 13.8 Å². The van der Waals surface area contributed by atoms with Crippen LogP contribution in [0.2, 0.25) is 0 Å². The van der Waals surface area contributed by atoms with Crippen LogP contribution in [-0.2, 0) is 0 Å². The van der Waals surface area contributed by atoms with Crippen molar-refractivity contribution in [1.82, 2.24) is 10.0 Å². The predicted octanol–water partition coefficient (Wildman–Crippen LogP) is 7.94. The molecule has 2 aliphatic heterocycles. The van der Waals surface area contributed by atoms with Gasteiger partial charge in [-0.25, -0.2) is 0 Å². The Morgan fingerprint density at radius 1 is 1.03 bits per heavy atom. The molecule has 0 amide bonds. The molecule has 3 rings (SSSR count). The van der Waals surface area contributed by atoms with Crippen LogP contribution >= 0.6 is 7.26 Å². The minimum atomic E-state index is -4.44. The second-order valence-electron chi connectivity index (χ2n) is 10.2. The molecular weight excluding hydrogens is 416 g/mol. The highest BCUT2D eigenvalue weighted by Gasteiger charge is 2.61. The first-order chi connectivity index (χ1) is 14.4. The summed E-state index contributed by atoms with van der Waals surface area (Å²) in [5, 5.41) is 3.40. The van der Waals surface area contributed by atoms with Crippen LogP contribution in [-0.4, -0.2) is 41.3 Å². The number of hydrogen-bond donors (Lipinski definition) is 0. The van der Waals surface area contributed by atoms with E-state index in [4.69, 9.17) is 0 Å². The molecule has 174 valence electrons. The summed E-state index contributed by atoms with van der Waals surface area (Å²) in [5.74, 6) is 0.117. The molecule has 0 saturated carbocycles. The van der Waals surface area contributed by atoms with E-state index < -0.39 is 19.1 Å². The van der Waals surface area contributed by atoms with Gasteiger partial charge in [-0.2, -0.15) is 5.01 Å². The Labute approximate surface area is 187 Å². The van der Waals surface area contributed by atoms with E-state index >= 15 is 0 Å². The molecule has 0 aromatic carbocycles. The first-order valence-corrected chi connectivity index (χ1v) is 14.6. The fourth-order valence-corrected chi connectivity index (χ4v) is 7.94. The molecule has 0 aromatic rings. The van der Waals surface area contributed by atoms with Crippen LogP contribution in [0.4, 0.5) is 13.2 Å². The van der Waals surface area contributed by atoms with Crippen molar-refractivity contribution in [3.8, 4) is 0 Å². The van der Waals surface area contributed by atoms with Crippen molar-refractivity contribution in [1.29, 1.82) is 0 Å². The zero-order chi connectivity index (χ0) is 23.2. The number of nitrogens with zero attached hydrogens (tertiary/aromatic N) is 2. The van der Waals surface area contributed by atoms with Crippen LogP contribution in [0.5, 0.6) is 0 Å². The summed E-state index contributed by atoms with van der Waals surface area (Å²) in [6.07, 6.45) is 11.6. The Kier molecular flexibility index (Phi) is 6.53. The van der Waals surface area contributed by atoms with Crippen molar-refractivity contribution in [3.63, 3.8) is 0 Å². The van der Waals surface area contributed by atoms with Crippen molar-refractivity contribution in [2.75, 3.05) is 19.5 Å². The number of hydrazine groups is 1. The third kappa shape index (κ3) is 3.79. The predicted molar refractivity (Wildman–Crippen MR) is 127 cm³/mol. The Hall–Kier alpha value is -1.22. The highest BCUT2D eigenvalue weighted by Crippen LogP contribution is 2.65. The van der Waals surface area contributed by atoms with Crippen LogP contribution in [0.15, 0.2) is 47.1 Å². The lowest BCUT2D eigenvalue weighted by atomic mass is 9.56. The van der Waals surface area contributed by atoms with Gasteiger partial charge in [-0.3, -0.25) is 5.01 Å². The molecule has 2 nitrogen and oxygen atoms in total. The third-order valence-corrected chi connectivity index (χ3v) is 11.4. The van der Waals surface area contributed by atoms with E-state index in [2.05, 4.69) is 52.3 Å². The molecule has 0 saturated heterocycles. The number of alkyl halides is 3. The number of halogens is 3. The highest BCUT2D eigenvalue weighted by molar-refractivity contribution is 7.78. The Morgan fingerprint density at radius 3 is 2.26 bits per heavy atom. The third-order valence-electron chi connectivity index (χ3n) is 8.30. The molecule has 3 atom stereocenters. The lowest BCUT2D eigenvalue weighted by Crippen LogP contribution is -2.66. The molecule has 0 N–H and O–H groups in total. The second kappa shape index (κ2) is 8.28. The number of fused-ring (bicyclic) bond motifs is 2. The maximum Gasteiger partial charge on any atom is 0.502 e. The molecule has 3 aliphatic rings. The summed E-state index contributed by atoms with van der Waals surface area (Å²) in [7, 11) is -1.32. The van der Waals surface area contributed by atoms with Crippen molar-refractivity contribution in [2.24, 2.45) is 11.3 Å². The number of allylic oxidation sites excluding steroid dienone is 6. The topological polar surface area (TPSA) is 6.48 Å². The second-order valence-corrected chi connectivity index (χ2v) is 14.5. The highest BCUT2D eigenvalue weighted by atomic mass is 31.2. The Morgan fingerprint density at radius 2 is 1.71 bits per heavy atom. The van der Waals surface area contributed by atoms with Gasteiger partial charge in [0.2, 0.25) is 0 Å². The maximum absolute atomic E-state index is 14.0. The van der Waals surface area contributed by atoms with E-state index in [1.165, 1.54) is 36.9 Å². The summed E-state index contributed by atoms with van der Waals surface area (Å²) in [4.78, 5) is 0. The van der Waals surface area contributed by atoms with Crippen LogP contribution in [0.25, 0.3) is 0 Å². The molecular formula is C25H39F3N2P+.